The molecule has 1 aromatic rings. The van der Waals surface area contributed by atoms with E-state index in [-0.39, 0.29) is 18.2 Å². The molecule has 0 bridgehead atoms. The Morgan fingerprint density at radius 2 is 2.26 bits per heavy atom. The first-order chi connectivity index (χ1) is 9.07. The fraction of sp³-hybridized carbons (Fsp3) is 0.667. The van der Waals surface area contributed by atoms with Crippen molar-refractivity contribution in [1.29, 1.82) is 0 Å². The first-order valence-electron chi connectivity index (χ1n) is 6.27. The molecule has 7 heteroatoms. The molecule has 2 N–H and O–H groups in total. The summed E-state index contributed by atoms with van der Waals surface area (Å²) in [5.41, 5.74) is 0.542. The Hall–Kier alpha value is -0.920. The zero-order chi connectivity index (χ0) is 14.3. The first kappa shape index (κ1) is 16.1. The molecule has 0 amide bonds. The summed E-state index contributed by atoms with van der Waals surface area (Å²) in [7, 11) is 0. The number of aromatic nitrogens is 2. The smallest absolute Gasteiger partial charge is 0.283 e. The molecule has 0 aromatic carbocycles. The molecular formula is C12H20BrN3O3. The van der Waals surface area contributed by atoms with Gasteiger partial charge in [0.1, 0.15) is 4.47 Å². The molecule has 0 radical (unpaired) electrons. The topological polar surface area (TPSA) is 76.4 Å². The van der Waals surface area contributed by atoms with Gasteiger partial charge in [0.2, 0.25) is 0 Å². The van der Waals surface area contributed by atoms with Crippen LogP contribution >= 0.6 is 15.9 Å². The Kier molecular flexibility index (Phi) is 7.04. The van der Waals surface area contributed by atoms with Gasteiger partial charge in [-0.1, -0.05) is 0 Å². The van der Waals surface area contributed by atoms with E-state index < -0.39 is 0 Å². The normalized spacial score (nSPS) is 11.0. The van der Waals surface area contributed by atoms with Crippen molar-refractivity contribution in [2.75, 3.05) is 31.7 Å². The van der Waals surface area contributed by atoms with Crippen LogP contribution in [0.15, 0.2) is 15.5 Å². The number of halogens is 1. The van der Waals surface area contributed by atoms with Gasteiger partial charge in [0.15, 0.2) is 0 Å². The Morgan fingerprint density at radius 1 is 1.53 bits per heavy atom. The van der Waals surface area contributed by atoms with Gasteiger partial charge in [-0.05, 0) is 36.2 Å². The van der Waals surface area contributed by atoms with Gasteiger partial charge < -0.3 is 15.2 Å². The van der Waals surface area contributed by atoms with E-state index in [1.807, 2.05) is 13.8 Å². The van der Waals surface area contributed by atoms with Gasteiger partial charge in [0, 0.05) is 13.2 Å². The zero-order valence-electron chi connectivity index (χ0n) is 11.2. The minimum absolute atomic E-state index is 0.0322. The average molecular weight is 334 g/mol. The third-order valence-corrected chi connectivity index (χ3v) is 3.22. The van der Waals surface area contributed by atoms with Crippen molar-refractivity contribution in [2.45, 2.75) is 26.3 Å². The van der Waals surface area contributed by atoms with Gasteiger partial charge >= 0.3 is 0 Å². The highest BCUT2D eigenvalue weighted by Crippen LogP contribution is 2.16. The highest BCUT2D eigenvalue weighted by Gasteiger charge is 2.10. The van der Waals surface area contributed by atoms with Crippen LogP contribution < -0.4 is 10.9 Å². The number of hydrogen-bond acceptors (Lipinski definition) is 5. The summed E-state index contributed by atoms with van der Waals surface area (Å²) in [5, 5.41) is 15.8. The fourth-order valence-electron chi connectivity index (χ4n) is 1.50. The number of rotatable bonds is 8. The molecule has 0 aliphatic rings. The maximum absolute atomic E-state index is 12.0. The molecule has 6 nitrogen and oxygen atoms in total. The number of ether oxygens (including phenoxy) is 1. The highest BCUT2D eigenvalue weighted by atomic mass is 79.9. The summed E-state index contributed by atoms with van der Waals surface area (Å²) in [6.45, 7) is 5.46. The molecule has 0 unspecified atom stereocenters. The monoisotopic (exact) mass is 333 g/mol. The standard InChI is InChI=1S/C12H20BrN3O3/c1-9(2)16-12(18)11(13)10(8-15-16)14-4-3-6-19-7-5-17/h8-9,14,17H,3-7H2,1-2H3. The molecule has 0 saturated carbocycles. The zero-order valence-corrected chi connectivity index (χ0v) is 12.8. The van der Waals surface area contributed by atoms with Crippen LogP contribution in [0.1, 0.15) is 26.3 Å². The molecular weight excluding hydrogens is 314 g/mol. The lowest BCUT2D eigenvalue weighted by Crippen LogP contribution is -2.26. The van der Waals surface area contributed by atoms with Crippen LogP contribution in [-0.4, -0.2) is 41.3 Å². The maximum Gasteiger partial charge on any atom is 0.283 e. The van der Waals surface area contributed by atoms with Gasteiger partial charge in [-0.3, -0.25) is 4.79 Å². The minimum Gasteiger partial charge on any atom is -0.394 e. The third-order valence-electron chi connectivity index (χ3n) is 2.45. The van der Waals surface area contributed by atoms with Crippen molar-refractivity contribution >= 4 is 21.6 Å². The summed E-state index contributed by atoms with van der Waals surface area (Å²) >= 11 is 3.29. The van der Waals surface area contributed by atoms with E-state index in [0.29, 0.717) is 29.9 Å². The molecule has 1 aromatic heterocycles. The van der Waals surface area contributed by atoms with E-state index in [1.165, 1.54) is 4.68 Å². The van der Waals surface area contributed by atoms with Crippen LogP contribution in [0.5, 0.6) is 0 Å². The molecule has 108 valence electrons. The van der Waals surface area contributed by atoms with Crippen LogP contribution in [0.25, 0.3) is 0 Å². The second-order valence-corrected chi connectivity index (χ2v) is 5.13. The van der Waals surface area contributed by atoms with Gasteiger partial charge in [-0.2, -0.15) is 5.10 Å². The number of anilines is 1. The molecule has 0 spiro atoms. The van der Waals surface area contributed by atoms with E-state index >= 15 is 0 Å². The lowest BCUT2D eigenvalue weighted by Gasteiger charge is -2.12. The summed E-state index contributed by atoms with van der Waals surface area (Å²) in [5.74, 6) is 0. The summed E-state index contributed by atoms with van der Waals surface area (Å²) in [6.07, 6.45) is 2.43. The van der Waals surface area contributed by atoms with Gasteiger partial charge in [0.05, 0.1) is 31.1 Å². The predicted octanol–water partition coefficient (Wildman–Crippen LogP) is 1.40. The Morgan fingerprint density at radius 3 is 2.89 bits per heavy atom. The van der Waals surface area contributed by atoms with Crippen molar-refractivity contribution in [3.63, 3.8) is 0 Å². The predicted molar refractivity (Wildman–Crippen MR) is 77.6 cm³/mol. The largest absolute Gasteiger partial charge is 0.394 e. The first-order valence-corrected chi connectivity index (χ1v) is 7.07. The highest BCUT2D eigenvalue weighted by molar-refractivity contribution is 9.10. The van der Waals surface area contributed by atoms with Crippen molar-refractivity contribution in [2.24, 2.45) is 0 Å². The van der Waals surface area contributed by atoms with Crippen LogP contribution in [-0.2, 0) is 4.74 Å². The third kappa shape index (κ3) is 4.93. The van der Waals surface area contributed by atoms with E-state index in [9.17, 15) is 4.79 Å². The number of hydrogen-bond donors (Lipinski definition) is 2. The molecule has 19 heavy (non-hydrogen) atoms. The Labute approximate surface area is 120 Å². The summed E-state index contributed by atoms with van der Waals surface area (Å²) in [4.78, 5) is 12.0. The van der Waals surface area contributed by atoms with Crippen LogP contribution in [0, 0.1) is 0 Å². The number of aliphatic hydroxyl groups is 1. The van der Waals surface area contributed by atoms with Crippen molar-refractivity contribution in [3.8, 4) is 0 Å². The number of nitrogens with zero attached hydrogens (tertiary/aromatic N) is 2. The average Bonchev–Trinajstić information content (AvgIpc) is 2.38. The quantitative estimate of drug-likeness (QED) is 0.703. The SMILES string of the molecule is CC(C)n1ncc(NCCCOCCO)c(Br)c1=O. The van der Waals surface area contributed by atoms with Gasteiger partial charge in [-0.25, -0.2) is 4.68 Å². The molecule has 0 atom stereocenters. The van der Waals surface area contributed by atoms with Crippen molar-refractivity contribution < 1.29 is 9.84 Å². The van der Waals surface area contributed by atoms with E-state index in [0.717, 1.165) is 6.42 Å². The Balaban J connectivity index is 2.51. The van der Waals surface area contributed by atoms with Crippen molar-refractivity contribution in [1.82, 2.24) is 9.78 Å². The maximum atomic E-state index is 12.0. The lowest BCUT2D eigenvalue weighted by atomic mass is 10.3. The van der Waals surface area contributed by atoms with Gasteiger partial charge in [-0.15, -0.1) is 0 Å². The van der Waals surface area contributed by atoms with Crippen molar-refractivity contribution in [3.05, 3.63) is 21.0 Å². The van der Waals surface area contributed by atoms with Crippen LogP contribution in [0.3, 0.4) is 0 Å². The molecule has 0 fully saturated rings. The minimum atomic E-state index is -0.142. The second kappa shape index (κ2) is 8.29. The van der Waals surface area contributed by atoms with E-state index in [4.69, 9.17) is 9.84 Å². The molecule has 0 aliphatic carbocycles. The number of nitrogens with one attached hydrogen (secondary N) is 1. The second-order valence-electron chi connectivity index (χ2n) is 4.33. The Bertz CT molecular complexity index is 448. The molecule has 1 heterocycles. The summed E-state index contributed by atoms with van der Waals surface area (Å²) in [6, 6.07) is 0.0322. The molecule has 0 aliphatic heterocycles. The van der Waals surface area contributed by atoms with E-state index in [2.05, 4.69) is 26.3 Å². The summed E-state index contributed by atoms with van der Waals surface area (Å²) < 4.78 is 7.07. The van der Waals surface area contributed by atoms with Crippen LogP contribution in [0.2, 0.25) is 0 Å². The van der Waals surface area contributed by atoms with E-state index in [1.54, 1.807) is 6.20 Å². The lowest BCUT2D eigenvalue weighted by molar-refractivity contribution is 0.0922. The van der Waals surface area contributed by atoms with Crippen LogP contribution in [0.4, 0.5) is 5.69 Å². The van der Waals surface area contributed by atoms with Gasteiger partial charge in [0.25, 0.3) is 5.56 Å². The molecule has 0 saturated heterocycles. The fourth-order valence-corrected chi connectivity index (χ4v) is 1.92. The number of aliphatic hydroxyl groups excluding tert-OH is 1. The molecule has 1 rings (SSSR count).